The van der Waals surface area contributed by atoms with Gasteiger partial charge in [-0.25, -0.2) is 0 Å². The third kappa shape index (κ3) is 2.96. The van der Waals surface area contributed by atoms with E-state index in [-0.39, 0.29) is 0 Å². The molecule has 0 unspecified atom stereocenters. The summed E-state index contributed by atoms with van der Waals surface area (Å²) in [4.78, 5) is 0. The minimum atomic E-state index is 0.609. The molecule has 0 heterocycles. The molecule has 0 aliphatic heterocycles. The molecule has 0 aliphatic rings. The smallest absolute Gasteiger partial charge is 0.133 e. The maximum absolute atomic E-state index is 5.78. The van der Waals surface area contributed by atoms with Crippen molar-refractivity contribution >= 4 is 21.6 Å². The lowest BCUT2D eigenvalue weighted by Crippen LogP contribution is -1.91. The Labute approximate surface area is 115 Å². The van der Waals surface area contributed by atoms with E-state index in [1.807, 2.05) is 25.1 Å². The third-order valence-corrected chi connectivity index (χ3v) is 3.39. The monoisotopic (exact) mass is 307 g/mol. The summed E-state index contributed by atoms with van der Waals surface area (Å²) in [6.07, 6.45) is 0. The van der Waals surface area contributed by atoms with Crippen LogP contribution in [0.2, 0.25) is 0 Å². The van der Waals surface area contributed by atoms with Crippen LogP contribution >= 0.6 is 15.9 Å². The van der Waals surface area contributed by atoms with Crippen molar-refractivity contribution in [3.63, 3.8) is 0 Å². The lowest BCUT2D eigenvalue weighted by molar-refractivity contribution is 0.409. The Kier molecular flexibility index (Phi) is 3.77. The van der Waals surface area contributed by atoms with E-state index in [0.29, 0.717) is 17.2 Å². The predicted molar refractivity (Wildman–Crippen MR) is 76.4 cm³/mol. The van der Waals surface area contributed by atoms with Gasteiger partial charge in [0.1, 0.15) is 17.2 Å². The number of halogens is 1. The van der Waals surface area contributed by atoms with Gasteiger partial charge in [-0.05, 0) is 30.7 Å². The Morgan fingerprint density at radius 2 is 1.72 bits per heavy atom. The summed E-state index contributed by atoms with van der Waals surface area (Å²) in [6.45, 7) is 2.01. The predicted octanol–water partition coefficient (Wildman–Crippen LogP) is 4.14. The number of rotatable bonds is 3. The molecule has 0 bridgehead atoms. The molecule has 0 saturated heterocycles. The normalized spacial score (nSPS) is 10.2. The zero-order valence-corrected chi connectivity index (χ0v) is 11.8. The topological polar surface area (TPSA) is 44.5 Å². The fourth-order valence-corrected chi connectivity index (χ4v) is 1.83. The van der Waals surface area contributed by atoms with Gasteiger partial charge in [-0.2, -0.15) is 0 Å². The molecule has 0 atom stereocenters. The van der Waals surface area contributed by atoms with Gasteiger partial charge in [-0.1, -0.05) is 15.9 Å². The van der Waals surface area contributed by atoms with E-state index in [0.717, 1.165) is 15.8 Å². The van der Waals surface area contributed by atoms with Crippen LogP contribution < -0.4 is 15.2 Å². The van der Waals surface area contributed by atoms with Crippen LogP contribution in [0.5, 0.6) is 17.2 Å². The molecule has 0 aromatic heterocycles. The summed E-state index contributed by atoms with van der Waals surface area (Å²) < 4.78 is 12.0. The number of hydrogen-bond acceptors (Lipinski definition) is 3. The first-order valence-electron chi connectivity index (χ1n) is 5.47. The van der Waals surface area contributed by atoms with Gasteiger partial charge in [-0.15, -0.1) is 0 Å². The van der Waals surface area contributed by atoms with Gasteiger partial charge in [0.05, 0.1) is 7.11 Å². The molecular formula is C14H14BrNO2. The number of ether oxygens (including phenoxy) is 2. The number of aryl methyl sites for hydroxylation is 1. The van der Waals surface area contributed by atoms with Crippen LogP contribution in [0.25, 0.3) is 0 Å². The van der Waals surface area contributed by atoms with Crippen LogP contribution in [0.4, 0.5) is 5.69 Å². The average Bonchev–Trinajstić information content (AvgIpc) is 2.33. The average molecular weight is 308 g/mol. The second kappa shape index (κ2) is 5.31. The molecule has 2 aromatic carbocycles. The zero-order valence-electron chi connectivity index (χ0n) is 10.2. The number of nitrogen functional groups attached to an aromatic ring is 1. The Bertz CT molecular complexity index is 570. The molecule has 2 rings (SSSR count). The number of methoxy groups -OCH3 is 1. The fraction of sp³-hybridized carbons (Fsp3) is 0.143. The quantitative estimate of drug-likeness (QED) is 0.867. The van der Waals surface area contributed by atoms with Crippen molar-refractivity contribution in [2.75, 3.05) is 12.8 Å². The summed E-state index contributed by atoms with van der Waals surface area (Å²) in [7, 11) is 1.60. The van der Waals surface area contributed by atoms with Gasteiger partial charge in [0.2, 0.25) is 0 Å². The number of nitrogens with two attached hydrogens (primary N) is 1. The van der Waals surface area contributed by atoms with Crippen LogP contribution in [-0.2, 0) is 0 Å². The number of hydrogen-bond donors (Lipinski definition) is 1. The minimum Gasteiger partial charge on any atom is -0.497 e. The van der Waals surface area contributed by atoms with E-state index in [2.05, 4.69) is 15.9 Å². The van der Waals surface area contributed by atoms with Gasteiger partial charge in [0, 0.05) is 28.4 Å². The second-order valence-corrected chi connectivity index (χ2v) is 4.81. The maximum Gasteiger partial charge on any atom is 0.133 e. The highest BCUT2D eigenvalue weighted by Crippen LogP contribution is 2.30. The van der Waals surface area contributed by atoms with Gasteiger partial charge >= 0.3 is 0 Å². The van der Waals surface area contributed by atoms with Gasteiger partial charge in [0.15, 0.2) is 0 Å². The summed E-state index contributed by atoms with van der Waals surface area (Å²) >= 11 is 3.45. The Hall–Kier alpha value is -1.68. The highest BCUT2D eigenvalue weighted by atomic mass is 79.9. The molecule has 2 N–H and O–H groups in total. The lowest BCUT2D eigenvalue weighted by Gasteiger charge is -2.09. The van der Waals surface area contributed by atoms with Gasteiger partial charge < -0.3 is 15.2 Å². The van der Waals surface area contributed by atoms with Crippen molar-refractivity contribution < 1.29 is 9.47 Å². The molecule has 2 aromatic rings. The Morgan fingerprint density at radius 1 is 1.00 bits per heavy atom. The van der Waals surface area contributed by atoms with E-state index >= 15 is 0 Å². The van der Waals surface area contributed by atoms with Crippen LogP contribution in [0.1, 0.15) is 5.56 Å². The summed E-state index contributed by atoms with van der Waals surface area (Å²) in [5.74, 6) is 2.11. The number of benzene rings is 2. The molecule has 4 heteroatoms. The second-order valence-electron chi connectivity index (χ2n) is 3.95. The molecule has 94 valence electrons. The lowest BCUT2D eigenvalue weighted by atomic mass is 10.2. The van der Waals surface area contributed by atoms with Crippen LogP contribution in [0.15, 0.2) is 40.9 Å². The first-order chi connectivity index (χ1) is 8.58. The highest BCUT2D eigenvalue weighted by Gasteiger charge is 2.03. The highest BCUT2D eigenvalue weighted by molar-refractivity contribution is 9.10. The van der Waals surface area contributed by atoms with Crippen molar-refractivity contribution in [2.24, 2.45) is 0 Å². The largest absolute Gasteiger partial charge is 0.497 e. The molecule has 0 aliphatic carbocycles. The van der Waals surface area contributed by atoms with Crippen molar-refractivity contribution in [1.29, 1.82) is 0 Å². The summed E-state index contributed by atoms with van der Waals surface area (Å²) in [5, 5.41) is 0. The third-order valence-electron chi connectivity index (χ3n) is 2.50. The SMILES string of the molecule is COc1cc(N)cc(Oc2ccc(Br)c(C)c2)c1. The standard InChI is InChI=1S/C14H14BrNO2/c1-9-5-11(3-4-14(9)15)18-13-7-10(16)6-12(8-13)17-2/h3-8H,16H2,1-2H3. The van der Waals surface area contributed by atoms with E-state index in [1.165, 1.54) is 0 Å². The Morgan fingerprint density at radius 3 is 2.39 bits per heavy atom. The Balaban J connectivity index is 2.27. The fourth-order valence-electron chi connectivity index (χ4n) is 1.59. The van der Waals surface area contributed by atoms with Crippen LogP contribution in [0.3, 0.4) is 0 Å². The molecular weight excluding hydrogens is 294 g/mol. The molecule has 0 fully saturated rings. The summed E-state index contributed by atoms with van der Waals surface area (Å²) in [6, 6.07) is 11.1. The first-order valence-corrected chi connectivity index (χ1v) is 6.26. The molecule has 18 heavy (non-hydrogen) atoms. The van der Waals surface area contributed by atoms with Gasteiger partial charge in [-0.3, -0.25) is 0 Å². The van der Waals surface area contributed by atoms with E-state index in [4.69, 9.17) is 15.2 Å². The van der Waals surface area contributed by atoms with Gasteiger partial charge in [0.25, 0.3) is 0 Å². The van der Waals surface area contributed by atoms with Crippen molar-refractivity contribution in [3.8, 4) is 17.2 Å². The molecule has 3 nitrogen and oxygen atoms in total. The van der Waals surface area contributed by atoms with E-state index < -0.39 is 0 Å². The molecule has 0 saturated carbocycles. The van der Waals surface area contributed by atoms with E-state index in [9.17, 15) is 0 Å². The zero-order chi connectivity index (χ0) is 13.1. The minimum absolute atomic E-state index is 0.609. The van der Waals surface area contributed by atoms with Crippen molar-refractivity contribution in [2.45, 2.75) is 6.92 Å². The van der Waals surface area contributed by atoms with Crippen LogP contribution in [-0.4, -0.2) is 7.11 Å². The van der Waals surface area contributed by atoms with Crippen molar-refractivity contribution in [3.05, 3.63) is 46.4 Å². The molecule has 0 radical (unpaired) electrons. The first kappa shape index (κ1) is 12.8. The molecule has 0 amide bonds. The van der Waals surface area contributed by atoms with Crippen LogP contribution in [0, 0.1) is 6.92 Å². The van der Waals surface area contributed by atoms with E-state index in [1.54, 1.807) is 25.3 Å². The maximum atomic E-state index is 5.78. The molecule has 0 spiro atoms. The summed E-state index contributed by atoms with van der Waals surface area (Å²) in [5.41, 5.74) is 7.50. The number of anilines is 1. The van der Waals surface area contributed by atoms with Crippen molar-refractivity contribution in [1.82, 2.24) is 0 Å².